The maximum Gasteiger partial charge on any atom is 0.294 e. The van der Waals surface area contributed by atoms with E-state index in [1.54, 1.807) is 36.5 Å². The first-order valence-electron chi connectivity index (χ1n) is 9.79. The summed E-state index contributed by atoms with van der Waals surface area (Å²) in [7, 11) is 1.72. The zero-order valence-electron chi connectivity index (χ0n) is 16.9. The van der Waals surface area contributed by atoms with E-state index in [0.717, 1.165) is 41.1 Å². The van der Waals surface area contributed by atoms with E-state index in [9.17, 15) is 9.59 Å². The van der Waals surface area contributed by atoms with Gasteiger partial charge in [-0.05, 0) is 44.0 Å². The van der Waals surface area contributed by atoms with Crippen molar-refractivity contribution in [2.45, 2.75) is 26.2 Å². The number of para-hydroxylation sites is 1. The SMILES string of the molecule is Cc1c(C(=O)N(C)c2ccccc2)oc2c1/C(=N/NC(=O)c1ccncc1)CCC2. The molecule has 3 aromatic rings. The van der Waals surface area contributed by atoms with Crippen molar-refractivity contribution in [1.29, 1.82) is 0 Å². The second-order valence-electron chi connectivity index (χ2n) is 7.14. The molecule has 30 heavy (non-hydrogen) atoms. The summed E-state index contributed by atoms with van der Waals surface area (Å²) in [4.78, 5) is 30.9. The van der Waals surface area contributed by atoms with Gasteiger partial charge in [-0.1, -0.05) is 18.2 Å². The molecule has 1 aliphatic rings. The highest BCUT2D eigenvalue weighted by atomic mass is 16.4. The van der Waals surface area contributed by atoms with Gasteiger partial charge in [0.1, 0.15) is 5.76 Å². The van der Waals surface area contributed by atoms with Crippen LogP contribution in [0.2, 0.25) is 0 Å². The number of aromatic nitrogens is 1. The summed E-state index contributed by atoms with van der Waals surface area (Å²) in [6, 6.07) is 12.7. The number of fused-ring (bicyclic) bond motifs is 1. The van der Waals surface area contributed by atoms with Crippen molar-refractivity contribution in [3.05, 3.63) is 83.1 Å². The zero-order chi connectivity index (χ0) is 21.1. The quantitative estimate of drug-likeness (QED) is 0.674. The van der Waals surface area contributed by atoms with Crippen LogP contribution >= 0.6 is 0 Å². The number of aryl methyl sites for hydroxylation is 1. The molecule has 0 spiro atoms. The molecular formula is C23H22N4O3. The first kappa shape index (κ1) is 19.6. The third-order valence-corrected chi connectivity index (χ3v) is 5.20. The lowest BCUT2D eigenvalue weighted by molar-refractivity contribution is 0.0950. The molecule has 0 saturated heterocycles. The van der Waals surface area contributed by atoms with Crippen molar-refractivity contribution >= 4 is 23.2 Å². The molecule has 7 heteroatoms. The molecule has 4 rings (SSSR count). The number of anilines is 1. The van der Waals surface area contributed by atoms with Crippen molar-refractivity contribution < 1.29 is 14.0 Å². The van der Waals surface area contributed by atoms with Gasteiger partial charge in [0, 0.05) is 48.2 Å². The molecule has 1 aliphatic carbocycles. The Morgan fingerprint density at radius 2 is 1.83 bits per heavy atom. The van der Waals surface area contributed by atoms with Gasteiger partial charge < -0.3 is 9.32 Å². The van der Waals surface area contributed by atoms with Gasteiger partial charge in [-0.3, -0.25) is 14.6 Å². The number of nitrogens with zero attached hydrogens (tertiary/aromatic N) is 3. The number of amides is 2. The van der Waals surface area contributed by atoms with Crippen LogP contribution in [-0.4, -0.2) is 29.6 Å². The molecule has 152 valence electrons. The highest BCUT2D eigenvalue weighted by molar-refractivity contribution is 6.10. The van der Waals surface area contributed by atoms with Crippen LogP contribution in [0.15, 0.2) is 64.4 Å². The van der Waals surface area contributed by atoms with Gasteiger partial charge in [-0.25, -0.2) is 5.43 Å². The Balaban J connectivity index is 1.61. The van der Waals surface area contributed by atoms with Gasteiger partial charge in [-0.15, -0.1) is 0 Å². The number of hydrogen-bond donors (Lipinski definition) is 1. The molecule has 0 atom stereocenters. The van der Waals surface area contributed by atoms with E-state index in [1.807, 2.05) is 37.3 Å². The van der Waals surface area contributed by atoms with Crippen LogP contribution in [0.25, 0.3) is 0 Å². The largest absolute Gasteiger partial charge is 0.455 e. The number of rotatable bonds is 4. The standard InChI is InChI=1S/C23H22N4O3/c1-15-20-18(25-26-22(28)16-11-13-24-14-12-16)9-6-10-19(20)30-21(15)23(29)27(2)17-7-4-3-5-8-17/h3-5,7-8,11-14H,6,9-10H2,1-2H3,(H,26,28)/b25-18+. The second kappa shape index (κ2) is 8.32. The fraction of sp³-hybridized carbons (Fsp3) is 0.217. The highest BCUT2D eigenvalue weighted by Crippen LogP contribution is 2.31. The van der Waals surface area contributed by atoms with Gasteiger partial charge in [0.2, 0.25) is 0 Å². The second-order valence-corrected chi connectivity index (χ2v) is 7.14. The zero-order valence-corrected chi connectivity index (χ0v) is 16.9. The predicted molar refractivity (Wildman–Crippen MR) is 114 cm³/mol. The lowest BCUT2D eigenvalue weighted by Crippen LogP contribution is -2.26. The van der Waals surface area contributed by atoms with Gasteiger partial charge in [-0.2, -0.15) is 5.10 Å². The number of benzene rings is 1. The average molecular weight is 402 g/mol. The van der Waals surface area contributed by atoms with Crippen LogP contribution in [0.1, 0.15) is 50.6 Å². The Morgan fingerprint density at radius 1 is 1.10 bits per heavy atom. The Morgan fingerprint density at radius 3 is 2.57 bits per heavy atom. The Labute approximate surface area is 174 Å². The molecule has 0 unspecified atom stereocenters. The number of carbonyl (C=O) groups is 2. The minimum atomic E-state index is -0.307. The van der Waals surface area contributed by atoms with E-state index < -0.39 is 0 Å². The monoisotopic (exact) mass is 402 g/mol. The summed E-state index contributed by atoms with van der Waals surface area (Å²) < 4.78 is 5.97. The molecule has 7 nitrogen and oxygen atoms in total. The highest BCUT2D eigenvalue weighted by Gasteiger charge is 2.29. The Kier molecular flexibility index (Phi) is 5.43. The van der Waals surface area contributed by atoms with Crippen LogP contribution in [0.4, 0.5) is 5.69 Å². The lowest BCUT2D eigenvalue weighted by Gasteiger charge is -2.16. The molecule has 2 amide bonds. The summed E-state index contributed by atoms with van der Waals surface area (Å²) >= 11 is 0. The topological polar surface area (TPSA) is 87.8 Å². The molecule has 2 aromatic heterocycles. The average Bonchev–Trinajstić information content (AvgIpc) is 3.14. The number of pyridine rings is 1. The number of hydrogen-bond acceptors (Lipinski definition) is 5. The molecule has 0 radical (unpaired) electrons. The van der Waals surface area contributed by atoms with Crippen LogP contribution in [0.5, 0.6) is 0 Å². The van der Waals surface area contributed by atoms with Crippen molar-refractivity contribution in [2.75, 3.05) is 11.9 Å². The van der Waals surface area contributed by atoms with Crippen LogP contribution in [-0.2, 0) is 6.42 Å². The van der Waals surface area contributed by atoms with Crippen LogP contribution in [0.3, 0.4) is 0 Å². The fourth-order valence-electron chi connectivity index (χ4n) is 3.59. The Hall–Kier alpha value is -3.74. The summed E-state index contributed by atoms with van der Waals surface area (Å²) in [6.45, 7) is 1.86. The predicted octanol–water partition coefficient (Wildman–Crippen LogP) is 3.73. The van der Waals surface area contributed by atoms with Crippen molar-refractivity contribution in [2.24, 2.45) is 5.10 Å². The van der Waals surface area contributed by atoms with Gasteiger partial charge in [0.15, 0.2) is 5.76 Å². The maximum absolute atomic E-state index is 13.1. The Bertz CT molecular complexity index is 1100. The molecule has 1 aromatic carbocycles. The van der Waals surface area contributed by atoms with E-state index in [0.29, 0.717) is 17.7 Å². The van der Waals surface area contributed by atoms with E-state index >= 15 is 0 Å². The third-order valence-electron chi connectivity index (χ3n) is 5.20. The molecule has 1 N–H and O–H groups in total. The summed E-state index contributed by atoms with van der Waals surface area (Å²) in [6.07, 6.45) is 5.39. The minimum Gasteiger partial charge on any atom is -0.455 e. The van der Waals surface area contributed by atoms with Gasteiger partial charge in [0.25, 0.3) is 11.8 Å². The number of nitrogens with one attached hydrogen (secondary N) is 1. The molecule has 0 saturated carbocycles. The number of furan rings is 1. The molecule has 2 heterocycles. The minimum absolute atomic E-state index is 0.215. The van der Waals surface area contributed by atoms with Gasteiger partial charge >= 0.3 is 0 Å². The van der Waals surface area contributed by atoms with E-state index in [2.05, 4.69) is 15.5 Å². The lowest BCUT2D eigenvalue weighted by atomic mass is 9.93. The molecule has 0 aliphatic heterocycles. The fourth-order valence-corrected chi connectivity index (χ4v) is 3.59. The first-order chi connectivity index (χ1) is 14.6. The molecular weight excluding hydrogens is 380 g/mol. The summed E-state index contributed by atoms with van der Waals surface area (Å²) in [5, 5.41) is 4.35. The third kappa shape index (κ3) is 3.74. The summed E-state index contributed by atoms with van der Waals surface area (Å²) in [5.74, 6) is 0.522. The van der Waals surface area contributed by atoms with Crippen LogP contribution in [0, 0.1) is 6.92 Å². The van der Waals surface area contributed by atoms with E-state index in [4.69, 9.17) is 4.42 Å². The molecule has 0 bridgehead atoms. The van der Waals surface area contributed by atoms with Gasteiger partial charge in [0.05, 0.1) is 5.71 Å². The summed E-state index contributed by atoms with van der Waals surface area (Å²) in [5.41, 5.74) is 6.16. The number of carbonyl (C=O) groups excluding carboxylic acids is 2. The smallest absolute Gasteiger partial charge is 0.294 e. The van der Waals surface area contributed by atoms with Crippen molar-refractivity contribution in [3.8, 4) is 0 Å². The molecule has 0 fully saturated rings. The maximum atomic E-state index is 13.1. The normalized spacial score (nSPS) is 14.3. The first-order valence-corrected chi connectivity index (χ1v) is 9.79. The van der Waals surface area contributed by atoms with Crippen molar-refractivity contribution in [1.82, 2.24) is 10.4 Å². The number of hydrazone groups is 1. The van der Waals surface area contributed by atoms with E-state index in [-0.39, 0.29) is 11.8 Å². The van der Waals surface area contributed by atoms with E-state index in [1.165, 1.54) is 0 Å². The van der Waals surface area contributed by atoms with Crippen LogP contribution < -0.4 is 10.3 Å². The van der Waals surface area contributed by atoms with Crippen molar-refractivity contribution in [3.63, 3.8) is 0 Å².